The van der Waals surface area contributed by atoms with Crippen molar-refractivity contribution in [1.29, 1.82) is 0 Å². The summed E-state index contributed by atoms with van der Waals surface area (Å²) in [6.45, 7) is 3.29. The molecule has 2 atom stereocenters. The van der Waals surface area contributed by atoms with Crippen molar-refractivity contribution in [2.24, 2.45) is 5.92 Å². The maximum Gasteiger partial charge on any atom is 0.490 e. The topological polar surface area (TPSA) is 135 Å². The molecule has 1 spiro atoms. The quantitative estimate of drug-likeness (QED) is 0.497. The average Bonchev–Trinajstić information content (AvgIpc) is 3.25. The van der Waals surface area contributed by atoms with Gasteiger partial charge in [-0.15, -0.1) is 0 Å². The Morgan fingerprint density at radius 2 is 1.68 bits per heavy atom. The molecule has 2 aromatic heterocycles. The molecule has 1 aliphatic heterocycles. The zero-order valence-electron chi connectivity index (χ0n) is 20.7. The van der Waals surface area contributed by atoms with Gasteiger partial charge in [0.15, 0.2) is 5.82 Å². The molecule has 2 aliphatic rings. The zero-order chi connectivity index (χ0) is 30.0. The lowest BCUT2D eigenvalue weighted by atomic mass is 9.89. The van der Waals surface area contributed by atoms with Crippen molar-refractivity contribution in [1.82, 2.24) is 15.0 Å². The van der Waals surface area contributed by atoms with Gasteiger partial charge in [-0.2, -0.15) is 26.3 Å². The summed E-state index contributed by atoms with van der Waals surface area (Å²) < 4.78 is 88.8. The molecular weight excluding hydrogens is 561 g/mol. The molecule has 2 aromatic rings. The number of halogens is 7. The van der Waals surface area contributed by atoms with E-state index in [1.165, 1.54) is 12.4 Å². The monoisotopic (exact) mass is 586 g/mol. The van der Waals surface area contributed by atoms with Gasteiger partial charge in [0.25, 0.3) is 0 Å². The third kappa shape index (κ3) is 10.2. The van der Waals surface area contributed by atoms with E-state index in [9.17, 15) is 30.7 Å². The third-order valence-electron chi connectivity index (χ3n) is 5.79. The number of morpholine rings is 1. The van der Waals surface area contributed by atoms with E-state index in [1.807, 2.05) is 18.3 Å². The van der Waals surface area contributed by atoms with Gasteiger partial charge in [0.1, 0.15) is 0 Å². The third-order valence-corrected chi connectivity index (χ3v) is 5.79. The molecule has 1 saturated heterocycles. The molecule has 0 unspecified atom stereocenters. The fourth-order valence-electron chi connectivity index (χ4n) is 4.00. The predicted octanol–water partition coefficient (Wildman–Crippen LogP) is 3.87. The molecule has 0 amide bonds. The van der Waals surface area contributed by atoms with Crippen LogP contribution in [0.3, 0.4) is 0 Å². The summed E-state index contributed by atoms with van der Waals surface area (Å²) >= 11 is 0. The predicted molar refractivity (Wildman–Crippen MR) is 122 cm³/mol. The first kappa shape index (κ1) is 32.6. The number of carbonyl (C=O) groups is 2. The van der Waals surface area contributed by atoms with Crippen LogP contribution in [-0.4, -0.2) is 81.4 Å². The summed E-state index contributed by atoms with van der Waals surface area (Å²) in [6, 6.07) is 3.93. The van der Waals surface area contributed by atoms with Crippen LogP contribution in [0.25, 0.3) is 0 Å². The first-order valence-corrected chi connectivity index (χ1v) is 11.6. The van der Waals surface area contributed by atoms with E-state index < -0.39 is 30.1 Å². The summed E-state index contributed by atoms with van der Waals surface area (Å²) in [5.74, 6) is -5.03. The molecule has 2 N–H and O–H groups in total. The highest BCUT2D eigenvalue weighted by Crippen LogP contribution is 2.41. The Labute approximate surface area is 222 Å². The minimum atomic E-state index is -5.08. The van der Waals surface area contributed by atoms with Crippen LogP contribution in [0.5, 0.6) is 0 Å². The number of carboxylic acid groups (broad SMARTS) is 2. The van der Waals surface area contributed by atoms with Gasteiger partial charge in [0, 0.05) is 24.9 Å². The number of nitrogens with zero attached hydrogens (tertiary/aromatic N) is 4. The molecular formula is C23H25F7N4O6. The molecule has 2 fully saturated rings. The summed E-state index contributed by atoms with van der Waals surface area (Å²) in [7, 11) is 0. The first-order valence-electron chi connectivity index (χ1n) is 11.6. The largest absolute Gasteiger partial charge is 0.490 e. The van der Waals surface area contributed by atoms with E-state index in [4.69, 9.17) is 29.3 Å². The SMILES string of the molecule is Fc1cnc(N2CCO[C@]3(CCC[C@@H]3COCc3cccnc3)C2)nc1.O=C(O)C(F)(F)F.O=C(O)C(F)(F)F. The van der Waals surface area contributed by atoms with Gasteiger partial charge in [0.05, 0.1) is 44.4 Å². The highest BCUT2D eigenvalue weighted by atomic mass is 19.4. The Morgan fingerprint density at radius 1 is 1.07 bits per heavy atom. The van der Waals surface area contributed by atoms with Crippen molar-refractivity contribution in [3.63, 3.8) is 0 Å². The molecule has 17 heteroatoms. The number of alkyl halides is 6. The van der Waals surface area contributed by atoms with E-state index in [0.717, 1.165) is 37.9 Å². The van der Waals surface area contributed by atoms with E-state index in [2.05, 4.69) is 19.9 Å². The second kappa shape index (κ2) is 14.2. The molecule has 0 radical (unpaired) electrons. The van der Waals surface area contributed by atoms with Crippen molar-refractivity contribution in [2.45, 2.75) is 43.8 Å². The minimum absolute atomic E-state index is 0.231. The Balaban J connectivity index is 0.000000333. The molecule has 1 aliphatic carbocycles. The van der Waals surface area contributed by atoms with E-state index in [0.29, 0.717) is 31.7 Å². The Kier molecular flexibility index (Phi) is 11.5. The first-order chi connectivity index (χ1) is 18.6. The lowest BCUT2D eigenvalue weighted by Crippen LogP contribution is -2.55. The van der Waals surface area contributed by atoms with E-state index >= 15 is 0 Å². The number of carboxylic acids is 2. The molecule has 4 rings (SSSR count). The number of aromatic nitrogens is 3. The van der Waals surface area contributed by atoms with Gasteiger partial charge in [-0.1, -0.05) is 12.5 Å². The normalized spacial score (nSPS) is 20.7. The number of pyridine rings is 1. The van der Waals surface area contributed by atoms with Crippen LogP contribution in [0.15, 0.2) is 36.9 Å². The molecule has 1 saturated carbocycles. The number of hydrogen-bond acceptors (Lipinski definition) is 8. The highest BCUT2D eigenvalue weighted by Gasteiger charge is 2.47. The Morgan fingerprint density at radius 3 is 2.20 bits per heavy atom. The second-order valence-corrected chi connectivity index (χ2v) is 8.61. The summed E-state index contributed by atoms with van der Waals surface area (Å²) in [4.78, 5) is 32.3. The van der Waals surface area contributed by atoms with Crippen molar-refractivity contribution in [2.75, 3.05) is 31.2 Å². The summed E-state index contributed by atoms with van der Waals surface area (Å²) in [5, 5.41) is 14.2. The molecule has 0 bridgehead atoms. The highest BCUT2D eigenvalue weighted by molar-refractivity contribution is 5.73. The second-order valence-electron chi connectivity index (χ2n) is 8.61. The standard InChI is InChI=1S/C19H23FN4O2.2C2HF3O2/c20-17-10-22-18(23-11-17)24-7-8-26-19(14-24)5-1-4-16(19)13-25-12-15-3-2-6-21-9-15;2*3-2(4,5)1(6)7/h2-3,6,9-11,16H,1,4-5,7-8,12-14H2;2*(H,6,7)/t16-,19-;;/m1../s1. The zero-order valence-corrected chi connectivity index (χ0v) is 20.7. The van der Waals surface area contributed by atoms with Crippen LogP contribution in [0, 0.1) is 11.7 Å². The van der Waals surface area contributed by atoms with Crippen molar-refractivity contribution in [3.05, 3.63) is 48.3 Å². The fraction of sp³-hybridized carbons (Fsp3) is 0.522. The number of ether oxygens (including phenoxy) is 2. The van der Waals surface area contributed by atoms with Gasteiger partial charge in [0.2, 0.25) is 5.95 Å². The smallest absolute Gasteiger partial charge is 0.475 e. The Hall–Kier alpha value is -3.60. The number of anilines is 1. The van der Waals surface area contributed by atoms with Gasteiger partial charge < -0.3 is 24.6 Å². The van der Waals surface area contributed by atoms with Crippen LogP contribution >= 0.6 is 0 Å². The van der Waals surface area contributed by atoms with Crippen LogP contribution in [0.4, 0.5) is 36.7 Å². The van der Waals surface area contributed by atoms with Crippen molar-refractivity contribution in [3.8, 4) is 0 Å². The summed E-state index contributed by atoms with van der Waals surface area (Å²) in [5.41, 5.74) is 0.843. The molecule has 3 heterocycles. The van der Waals surface area contributed by atoms with Crippen molar-refractivity contribution >= 4 is 17.9 Å². The van der Waals surface area contributed by atoms with Crippen molar-refractivity contribution < 1.29 is 60.0 Å². The van der Waals surface area contributed by atoms with Crippen LogP contribution in [0.1, 0.15) is 24.8 Å². The van der Waals surface area contributed by atoms with Gasteiger partial charge in [-0.25, -0.2) is 23.9 Å². The lowest BCUT2D eigenvalue weighted by molar-refractivity contribution is -0.193. The minimum Gasteiger partial charge on any atom is -0.475 e. The Bertz CT molecular complexity index is 1070. The number of rotatable bonds is 5. The molecule has 222 valence electrons. The van der Waals surface area contributed by atoms with Gasteiger partial charge >= 0.3 is 24.3 Å². The molecule has 0 aromatic carbocycles. The number of hydrogen-bond donors (Lipinski definition) is 2. The molecule has 10 nitrogen and oxygen atoms in total. The fourth-order valence-corrected chi connectivity index (χ4v) is 4.00. The number of aliphatic carboxylic acids is 2. The van der Waals surface area contributed by atoms with Crippen LogP contribution < -0.4 is 4.90 Å². The summed E-state index contributed by atoms with van der Waals surface area (Å²) in [6.07, 6.45) is -0.927. The average molecular weight is 586 g/mol. The maximum absolute atomic E-state index is 13.1. The van der Waals surface area contributed by atoms with Gasteiger partial charge in [-0.05, 0) is 24.5 Å². The maximum atomic E-state index is 13.1. The lowest BCUT2D eigenvalue weighted by Gasteiger charge is -2.44. The van der Waals surface area contributed by atoms with Gasteiger partial charge in [-0.3, -0.25) is 4.98 Å². The van der Waals surface area contributed by atoms with E-state index in [-0.39, 0.29) is 5.60 Å². The van der Waals surface area contributed by atoms with E-state index in [1.54, 1.807) is 6.20 Å². The van der Waals surface area contributed by atoms with Crippen LogP contribution in [-0.2, 0) is 25.7 Å². The van der Waals surface area contributed by atoms with Crippen LogP contribution in [0.2, 0.25) is 0 Å². The molecule has 40 heavy (non-hydrogen) atoms.